The van der Waals surface area contributed by atoms with E-state index >= 15 is 0 Å². The summed E-state index contributed by atoms with van der Waals surface area (Å²) in [4.78, 5) is 61.8. The SMILES string of the molecule is CCCC(Cn1cc(OCNC(=O)c2nn(CC3(n4c(C)cc5cccnc54)CCCC3)cc(O)c2=O)c(=O)c(C(=O)NC)n1)n1cc(C)c2cccnc21. The summed E-state index contributed by atoms with van der Waals surface area (Å²) in [6, 6.07) is 9.75. The molecule has 1 fully saturated rings. The van der Waals surface area contributed by atoms with Crippen LogP contribution in [0.25, 0.3) is 22.1 Å². The number of fused-ring (bicyclic) bond motifs is 2. The van der Waals surface area contributed by atoms with E-state index in [2.05, 4.69) is 52.9 Å². The molecule has 16 heteroatoms. The van der Waals surface area contributed by atoms with Gasteiger partial charge in [0.1, 0.15) is 11.3 Å². The van der Waals surface area contributed by atoms with Gasteiger partial charge in [-0.1, -0.05) is 26.2 Å². The van der Waals surface area contributed by atoms with Crippen LogP contribution in [0.3, 0.4) is 0 Å². The number of pyridine rings is 2. The van der Waals surface area contributed by atoms with Crippen molar-refractivity contribution in [3.05, 3.63) is 104 Å². The van der Waals surface area contributed by atoms with E-state index in [9.17, 15) is 24.3 Å². The molecule has 3 N–H and O–H groups in total. The number of hydrogen-bond donors (Lipinski definition) is 3. The maximum absolute atomic E-state index is 13.4. The summed E-state index contributed by atoms with van der Waals surface area (Å²) in [5, 5.41) is 26.4. The van der Waals surface area contributed by atoms with Crippen LogP contribution in [0, 0.1) is 13.8 Å². The largest absolute Gasteiger partial charge is 0.503 e. The molecule has 286 valence electrons. The number of nitrogens with one attached hydrogen (secondary N) is 2. The van der Waals surface area contributed by atoms with E-state index in [1.165, 1.54) is 28.8 Å². The molecule has 1 atom stereocenters. The summed E-state index contributed by atoms with van der Waals surface area (Å²) in [5.41, 5.74) is 0.651. The molecular weight excluding hydrogens is 704 g/mol. The molecule has 1 aliphatic carbocycles. The van der Waals surface area contributed by atoms with Crippen LogP contribution < -0.4 is 26.2 Å². The Balaban J connectivity index is 1.12. The lowest BCUT2D eigenvalue weighted by Gasteiger charge is -2.33. The van der Waals surface area contributed by atoms with Crippen molar-refractivity contribution in [2.45, 2.75) is 84.0 Å². The van der Waals surface area contributed by atoms with Gasteiger partial charge in [0.15, 0.2) is 29.6 Å². The van der Waals surface area contributed by atoms with Crippen LogP contribution >= 0.6 is 0 Å². The zero-order chi connectivity index (χ0) is 38.9. The molecule has 0 bridgehead atoms. The average Bonchev–Trinajstić information content (AvgIpc) is 3.88. The van der Waals surface area contributed by atoms with Crippen LogP contribution in [0.1, 0.15) is 83.7 Å². The fourth-order valence-corrected chi connectivity index (χ4v) is 7.94. The van der Waals surface area contributed by atoms with Crippen molar-refractivity contribution in [3.63, 3.8) is 0 Å². The van der Waals surface area contributed by atoms with Gasteiger partial charge in [0, 0.05) is 42.1 Å². The Morgan fingerprint density at radius 1 is 0.945 bits per heavy atom. The molecule has 16 nitrogen and oxygen atoms in total. The standard InChI is InChI=1S/C39H44N10O6/c1-5-10-27(48-18-24(2)28-12-9-16-42-36(28)48)19-46-21-30(34(52)32(44-46)37(53)40-4)55-23-43-38(54)31-33(51)29(50)20-47(45-31)22-39(13-6-7-14-39)49-25(3)17-26-11-8-15-41-35(26)49/h8-9,11-12,15-18,20-21,27,50H,5-7,10,13-14,19,22-23H2,1-4H3,(H,40,53)(H,43,54). The van der Waals surface area contributed by atoms with Crippen LogP contribution in [0.5, 0.6) is 11.5 Å². The van der Waals surface area contributed by atoms with E-state index < -0.39 is 46.4 Å². The molecule has 0 saturated heterocycles. The first-order valence-corrected chi connectivity index (χ1v) is 18.4. The molecule has 1 aliphatic rings. The van der Waals surface area contributed by atoms with Gasteiger partial charge in [-0.15, -0.1) is 0 Å². The van der Waals surface area contributed by atoms with Crippen molar-refractivity contribution in [1.82, 2.24) is 49.3 Å². The molecule has 1 saturated carbocycles. The minimum atomic E-state index is -0.948. The monoisotopic (exact) mass is 748 g/mol. The number of ether oxygens (including phenoxy) is 1. The summed E-state index contributed by atoms with van der Waals surface area (Å²) in [5.74, 6) is -2.47. The van der Waals surface area contributed by atoms with Gasteiger partial charge in [-0.05, 0) is 69.0 Å². The maximum atomic E-state index is 13.4. The third-order valence-electron chi connectivity index (χ3n) is 10.4. The van der Waals surface area contributed by atoms with Crippen LogP contribution in [0.15, 0.2) is 70.9 Å². The van der Waals surface area contributed by atoms with Crippen LogP contribution in [0.4, 0.5) is 0 Å². The Bertz CT molecular complexity index is 2530. The van der Waals surface area contributed by atoms with E-state index in [0.29, 0.717) is 0 Å². The van der Waals surface area contributed by atoms with Crippen molar-refractivity contribution in [2.75, 3.05) is 13.8 Å². The summed E-state index contributed by atoms with van der Waals surface area (Å²) >= 11 is 0. The summed E-state index contributed by atoms with van der Waals surface area (Å²) in [6.45, 7) is 6.13. The zero-order valence-electron chi connectivity index (χ0n) is 31.3. The Kier molecular flexibility index (Phi) is 10.2. The molecule has 6 aromatic rings. The van der Waals surface area contributed by atoms with Gasteiger partial charge in [-0.25, -0.2) is 9.97 Å². The van der Waals surface area contributed by atoms with E-state index in [1.54, 1.807) is 12.4 Å². The second-order valence-electron chi connectivity index (χ2n) is 14.2. The van der Waals surface area contributed by atoms with Crippen LogP contribution in [-0.2, 0) is 18.6 Å². The number of amides is 2. The molecule has 0 spiro atoms. The molecular formula is C39H44N10O6. The molecule has 7 rings (SSSR count). The number of aromatic nitrogens is 8. The molecule has 0 radical (unpaired) electrons. The minimum absolute atomic E-state index is 0.130. The summed E-state index contributed by atoms with van der Waals surface area (Å²) in [7, 11) is 1.39. The lowest BCUT2D eigenvalue weighted by atomic mass is 9.96. The van der Waals surface area contributed by atoms with Gasteiger partial charge < -0.3 is 29.6 Å². The van der Waals surface area contributed by atoms with Crippen molar-refractivity contribution >= 4 is 33.9 Å². The number of hydrogen-bond acceptors (Lipinski definition) is 10. The van der Waals surface area contributed by atoms with Gasteiger partial charge >= 0.3 is 0 Å². The van der Waals surface area contributed by atoms with E-state index in [4.69, 9.17) is 4.74 Å². The fourth-order valence-electron chi connectivity index (χ4n) is 7.94. The highest BCUT2D eigenvalue weighted by Gasteiger charge is 2.39. The Morgan fingerprint density at radius 2 is 1.65 bits per heavy atom. The number of carbonyl (C=O) groups is 2. The molecule has 2 amide bonds. The van der Waals surface area contributed by atoms with Gasteiger partial charge in [-0.2, -0.15) is 10.2 Å². The first-order valence-electron chi connectivity index (χ1n) is 18.4. The number of rotatable bonds is 13. The minimum Gasteiger partial charge on any atom is -0.503 e. The van der Waals surface area contributed by atoms with Gasteiger partial charge in [0.05, 0.1) is 37.1 Å². The van der Waals surface area contributed by atoms with Gasteiger partial charge in [-0.3, -0.25) is 28.5 Å². The van der Waals surface area contributed by atoms with Crippen LogP contribution in [0.2, 0.25) is 0 Å². The zero-order valence-corrected chi connectivity index (χ0v) is 31.3. The second-order valence-corrected chi connectivity index (χ2v) is 14.2. The number of aryl methyl sites for hydroxylation is 2. The van der Waals surface area contributed by atoms with Gasteiger partial charge in [0.25, 0.3) is 22.7 Å². The summed E-state index contributed by atoms with van der Waals surface area (Å²) < 4.78 is 12.9. The first kappa shape index (κ1) is 37.0. The average molecular weight is 749 g/mol. The fraction of sp³-hybridized carbons (Fsp3) is 0.385. The normalized spacial score (nSPS) is 14.3. The van der Waals surface area contributed by atoms with Crippen molar-refractivity contribution < 1.29 is 19.4 Å². The molecule has 55 heavy (non-hydrogen) atoms. The van der Waals surface area contributed by atoms with Crippen molar-refractivity contribution in [2.24, 2.45) is 0 Å². The van der Waals surface area contributed by atoms with Crippen LogP contribution in [-0.4, -0.2) is 69.4 Å². The Morgan fingerprint density at radius 3 is 2.40 bits per heavy atom. The molecule has 0 aromatic carbocycles. The second kappa shape index (κ2) is 15.2. The highest BCUT2D eigenvalue weighted by Crippen LogP contribution is 2.41. The van der Waals surface area contributed by atoms with Gasteiger partial charge in [0.2, 0.25) is 0 Å². The first-order chi connectivity index (χ1) is 26.5. The van der Waals surface area contributed by atoms with Crippen molar-refractivity contribution in [3.8, 4) is 11.5 Å². The summed E-state index contributed by atoms with van der Waals surface area (Å²) in [6.07, 6.45) is 13.3. The smallest absolute Gasteiger partial charge is 0.278 e. The number of carbonyl (C=O) groups excluding carboxylic acids is 2. The lowest BCUT2D eigenvalue weighted by Crippen LogP contribution is -2.39. The third-order valence-corrected chi connectivity index (χ3v) is 10.4. The van der Waals surface area contributed by atoms with E-state index in [1.807, 2.05) is 44.3 Å². The topological polar surface area (TPSA) is 193 Å². The quantitative estimate of drug-likeness (QED) is 0.146. The predicted molar refractivity (Wildman–Crippen MR) is 204 cm³/mol. The Hall–Kier alpha value is -6.32. The third kappa shape index (κ3) is 7.06. The maximum Gasteiger partial charge on any atom is 0.278 e. The highest BCUT2D eigenvalue weighted by atomic mass is 16.5. The predicted octanol–water partition coefficient (Wildman–Crippen LogP) is 3.96. The lowest BCUT2D eigenvalue weighted by molar-refractivity contribution is 0.0902. The molecule has 6 heterocycles. The number of nitrogens with zero attached hydrogens (tertiary/aromatic N) is 8. The molecule has 0 aliphatic heterocycles. The molecule has 1 unspecified atom stereocenters. The van der Waals surface area contributed by atoms with E-state index in [0.717, 1.165) is 71.8 Å². The highest BCUT2D eigenvalue weighted by molar-refractivity contribution is 5.92. The Labute approximate surface area is 315 Å². The van der Waals surface area contributed by atoms with Crippen molar-refractivity contribution in [1.29, 1.82) is 0 Å². The van der Waals surface area contributed by atoms with E-state index in [-0.39, 0.29) is 30.6 Å². The number of aromatic hydroxyl groups is 1. The molecule has 6 aromatic heterocycles.